The Morgan fingerprint density at radius 2 is 1.61 bits per heavy atom. The first kappa shape index (κ1) is 21.5. The first-order chi connectivity index (χ1) is 15.1. The van der Waals surface area contributed by atoms with E-state index in [4.69, 9.17) is 4.74 Å². The van der Waals surface area contributed by atoms with Crippen LogP contribution >= 0.6 is 0 Å². The van der Waals surface area contributed by atoms with Gasteiger partial charge < -0.3 is 19.9 Å². The van der Waals surface area contributed by atoms with Crippen molar-refractivity contribution in [2.45, 2.75) is 32.5 Å². The van der Waals surface area contributed by atoms with Gasteiger partial charge >= 0.3 is 0 Å². The molecule has 2 aromatic rings. The number of piperazine rings is 2. The number of nitrogens with one attached hydrogen (secondary N) is 1. The first-order valence-electron chi connectivity index (χ1n) is 11.2. The van der Waals surface area contributed by atoms with E-state index >= 15 is 0 Å². The lowest BCUT2D eigenvalue weighted by Crippen LogP contribution is -2.55. The molecule has 0 spiro atoms. The molecule has 0 radical (unpaired) electrons. The Bertz CT molecular complexity index is 904. The lowest BCUT2D eigenvalue weighted by atomic mass is 10.0. The number of nitriles is 1. The van der Waals surface area contributed by atoms with E-state index in [2.05, 4.69) is 64.2 Å². The molecule has 0 amide bonds. The Labute approximate surface area is 186 Å². The molecule has 2 heterocycles. The summed E-state index contributed by atoms with van der Waals surface area (Å²) in [5.74, 6) is 0.888. The molecule has 2 aliphatic heterocycles. The standard InChI is InChI=1S/C25H33N5O/c1-19-16-27-17-20(2)30(19)24-5-4-21(15-26)22(14-24)18-28-10-12-29(13-11-28)23-6-8-25(31-3)9-7-23/h4-9,14,19-20,27H,10-13,16-18H2,1-3H3. The van der Waals surface area contributed by atoms with Crippen LogP contribution in [0, 0.1) is 11.3 Å². The predicted molar refractivity (Wildman–Crippen MR) is 126 cm³/mol. The van der Waals surface area contributed by atoms with Gasteiger partial charge in [-0.25, -0.2) is 0 Å². The van der Waals surface area contributed by atoms with E-state index in [0.717, 1.165) is 62.7 Å². The summed E-state index contributed by atoms with van der Waals surface area (Å²) >= 11 is 0. The van der Waals surface area contributed by atoms with Crippen molar-refractivity contribution < 1.29 is 4.74 Å². The smallest absolute Gasteiger partial charge is 0.119 e. The molecule has 0 bridgehead atoms. The Kier molecular flexibility index (Phi) is 6.64. The number of nitrogens with zero attached hydrogens (tertiary/aromatic N) is 4. The quantitative estimate of drug-likeness (QED) is 0.804. The molecule has 2 fully saturated rings. The second kappa shape index (κ2) is 9.59. The van der Waals surface area contributed by atoms with Crippen LogP contribution < -0.4 is 19.9 Å². The molecule has 31 heavy (non-hydrogen) atoms. The number of hydrogen-bond acceptors (Lipinski definition) is 6. The number of benzene rings is 2. The number of rotatable bonds is 5. The highest BCUT2D eigenvalue weighted by Crippen LogP contribution is 2.27. The van der Waals surface area contributed by atoms with Gasteiger partial charge in [0, 0.05) is 69.3 Å². The minimum atomic E-state index is 0.442. The SMILES string of the molecule is COc1ccc(N2CCN(Cc3cc(N4C(C)CNCC4C)ccc3C#N)CC2)cc1. The number of anilines is 2. The van der Waals surface area contributed by atoms with Crippen LogP contribution in [0.15, 0.2) is 42.5 Å². The second-order valence-corrected chi connectivity index (χ2v) is 8.68. The molecule has 2 aromatic carbocycles. The Hall–Kier alpha value is -2.75. The third kappa shape index (κ3) is 4.79. The summed E-state index contributed by atoms with van der Waals surface area (Å²) < 4.78 is 5.27. The van der Waals surface area contributed by atoms with Gasteiger partial charge in [0.25, 0.3) is 0 Å². The van der Waals surface area contributed by atoms with Crippen LogP contribution in [0.25, 0.3) is 0 Å². The largest absolute Gasteiger partial charge is 0.497 e. The van der Waals surface area contributed by atoms with Gasteiger partial charge in [-0.05, 0) is 61.9 Å². The number of hydrogen-bond donors (Lipinski definition) is 1. The fourth-order valence-corrected chi connectivity index (χ4v) is 4.82. The van der Waals surface area contributed by atoms with Gasteiger partial charge in [0.05, 0.1) is 18.7 Å². The van der Waals surface area contributed by atoms with Gasteiger partial charge in [-0.1, -0.05) is 0 Å². The zero-order chi connectivity index (χ0) is 21.8. The van der Waals surface area contributed by atoms with Gasteiger partial charge in [-0.2, -0.15) is 5.26 Å². The molecular formula is C25H33N5O. The molecule has 1 N–H and O–H groups in total. The summed E-state index contributed by atoms with van der Waals surface area (Å²) in [6.07, 6.45) is 0. The van der Waals surface area contributed by atoms with Crippen LogP contribution in [0.2, 0.25) is 0 Å². The molecule has 0 aliphatic carbocycles. The predicted octanol–water partition coefficient (Wildman–Crippen LogP) is 3.08. The Balaban J connectivity index is 1.43. The van der Waals surface area contributed by atoms with Crippen molar-refractivity contribution in [2.24, 2.45) is 0 Å². The monoisotopic (exact) mass is 419 g/mol. The maximum Gasteiger partial charge on any atom is 0.119 e. The third-order valence-corrected chi connectivity index (χ3v) is 6.54. The van der Waals surface area contributed by atoms with Crippen molar-refractivity contribution in [3.63, 3.8) is 0 Å². The average molecular weight is 420 g/mol. The van der Waals surface area contributed by atoms with Crippen molar-refractivity contribution in [3.8, 4) is 11.8 Å². The Morgan fingerprint density at radius 1 is 0.968 bits per heavy atom. The molecule has 2 saturated heterocycles. The van der Waals surface area contributed by atoms with Gasteiger partial charge in [0.1, 0.15) is 5.75 Å². The molecule has 4 rings (SSSR count). The van der Waals surface area contributed by atoms with Crippen molar-refractivity contribution in [1.29, 1.82) is 5.26 Å². The molecule has 0 aromatic heterocycles. The van der Waals surface area contributed by atoms with Crippen LogP contribution in [-0.4, -0.2) is 63.4 Å². The molecule has 0 saturated carbocycles. The van der Waals surface area contributed by atoms with E-state index in [1.807, 2.05) is 18.2 Å². The summed E-state index contributed by atoms with van der Waals surface area (Å²) in [6.45, 7) is 11.3. The van der Waals surface area contributed by atoms with E-state index in [1.165, 1.54) is 11.4 Å². The van der Waals surface area contributed by atoms with Gasteiger partial charge in [-0.3, -0.25) is 4.90 Å². The lowest BCUT2D eigenvalue weighted by molar-refractivity contribution is 0.249. The van der Waals surface area contributed by atoms with Crippen LogP contribution in [0.4, 0.5) is 11.4 Å². The van der Waals surface area contributed by atoms with E-state index in [9.17, 15) is 5.26 Å². The second-order valence-electron chi connectivity index (χ2n) is 8.68. The molecule has 2 atom stereocenters. The average Bonchev–Trinajstić information content (AvgIpc) is 2.80. The van der Waals surface area contributed by atoms with Gasteiger partial charge in [0.2, 0.25) is 0 Å². The summed E-state index contributed by atoms with van der Waals surface area (Å²) in [5.41, 5.74) is 4.39. The first-order valence-corrected chi connectivity index (χ1v) is 11.2. The summed E-state index contributed by atoms with van der Waals surface area (Å²) in [7, 11) is 1.70. The maximum absolute atomic E-state index is 9.68. The van der Waals surface area contributed by atoms with E-state index in [-0.39, 0.29) is 0 Å². The molecule has 6 heteroatoms. The van der Waals surface area contributed by atoms with E-state index in [0.29, 0.717) is 12.1 Å². The van der Waals surface area contributed by atoms with Crippen molar-refractivity contribution >= 4 is 11.4 Å². The zero-order valence-electron chi connectivity index (χ0n) is 18.8. The number of ether oxygens (including phenoxy) is 1. The fraction of sp³-hybridized carbons (Fsp3) is 0.480. The summed E-state index contributed by atoms with van der Waals surface area (Å²) in [4.78, 5) is 7.37. The van der Waals surface area contributed by atoms with Gasteiger partial charge in [0.15, 0.2) is 0 Å². The van der Waals surface area contributed by atoms with Crippen molar-refractivity contribution in [1.82, 2.24) is 10.2 Å². The van der Waals surface area contributed by atoms with E-state index in [1.54, 1.807) is 7.11 Å². The summed E-state index contributed by atoms with van der Waals surface area (Å²) in [6, 6.07) is 17.9. The van der Waals surface area contributed by atoms with E-state index < -0.39 is 0 Å². The molecule has 2 unspecified atom stereocenters. The van der Waals surface area contributed by atoms with Crippen molar-refractivity contribution in [3.05, 3.63) is 53.6 Å². The lowest BCUT2D eigenvalue weighted by Gasteiger charge is -2.41. The third-order valence-electron chi connectivity index (χ3n) is 6.54. The minimum absolute atomic E-state index is 0.442. The van der Waals surface area contributed by atoms with Gasteiger partial charge in [-0.15, -0.1) is 0 Å². The topological polar surface area (TPSA) is 54.8 Å². The zero-order valence-corrected chi connectivity index (χ0v) is 18.8. The number of methoxy groups -OCH3 is 1. The van der Waals surface area contributed by atoms with Crippen LogP contribution in [0.5, 0.6) is 5.75 Å². The van der Waals surface area contributed by atoms with Crippen LogP contribution in [0.1, 0.15) is 25.0 Å². The maximum atomic E-state index is 9.68. The van der Waals surface area contributed by atoms with Crippen LogP contribution in [0.3, 0.4) is 0 Å². The highest BCUT2D eigenvalue weighted by atomic mass is 16.5. The highest BCUT2D eigenvalue weighted by Gasteiger charge is 2.26. The van der Waals surface area contributed by atoms with Crippen molar-refractivity contribution in [2.75, 3.05) is 56.2 Å². The summed E-state index contributed by atoms with van der Waals surface area (Å²) in [5, 5.41) is 13.2. The Morgan fingerprint density at radius 3 is 2.23 bits per heavy atom. The minimum Gasteiger partial charge on any atom is -0.497 e. The normalized spacial score (nSPS) is 22.3. The molecule has 6 nitrogen and oxygen atoms in total. The molecule has 2 aliphatic rings. The highest BCUT2D eigenvalue weighted by molar-refractivity contribution is 5.56. The van der Waals surface area contributed by atoms with Crippen LogP contribution in [-0.2, 0) is 6.54 Å². The molecule has 164 valence electrons. The fourth-order valence-electron chi connectivity index (χ4n) is 4.82. The molecular weight excluding hydrogens is 386 g/mol.